The van der Waals surface area contributed by atoms with Crippen molar-refractivity contribution in [2.45, 2.75) is 15.5 Å². The molecule has 0 atom stereocenters. The van der Waals surface area contributed by atoms with Gasteiger partial charge in [0.05, 0.1) is 5.02 Å². The summed E-state index contributed by atoms with van der Waals surface area (Å²) in [6.07, 6.45) is 0. The first kappa shape index (κ1) is 18.5. The third-order valence-electron chi connectivity index (χ3n) is 2.46. The minimum Gasteiger partial charge on any atom is -0.267 e. The van der Waals surface area contributed by atoms with Crippen LogP contribution < -0.4 is 4.72 Å². The van der Waals surface area contributed by atoms with Crippen LogP contribution in [0.3, 0.4) is 0 Å². The zero-order chi connectivity index (χ0) is 17.2. The number of thiophene rings is 1. The number of benzene rings is 1. The maximum Gasteiger partial charge on any atom is 0.288 e. The summed E-state index contributed by atoms with van der Waals surface area (Å²) in [7, 11) is -4.29. The number of amides is 1. The molecule has 2 rings (SSSR count). The fraction of sp³-hybridized carbons (Fsp3) is 0.0833. The van der Waals surface area contributed by atoms with E-state index < -0.39 is 21.7 Å². The molecule has 23 heavy (non-hydrogen) atoms. The number of carbonyl (C=O) groups excluding carboxylic acids is 1. The number of hydrogen-bond acceptors (Lipinski definition) is 5. The highest BCUT2D eigenvalue weighted by Gasteiger charge is 2.25. The third kappa shape index (κ3) is 4.57. The minimum atomic E-state index is -4.29. The second-order valence-electron chi connectivity index (χ2n) is 4.00. The highest BCUT2D eigenvalue weighted by atomic mass is 35.5. The van der Waals surface area contributed by atoms with E-state index in [0.717, 1.165) is 17.4 Å². The molecule has 0 spiro atoms. The lowest BCUT2D eigenvalue weighted by molar-refractivity contribution is 0.0983. The van der Waals surface area contributed by atoms with Crippen LogP contribution in [0.2, 0.25) is 10.0 Å². The summed E-state index contributed by atoms with van der Waals surface area (Å²) in [6, 6.07) is 5.06. The van der Waals surface area contributed by atoms with Gasteiger partial charge in [0.15, 0.2) is 0 Å². The second-order valence-corrected chi connectivity index (χ2v) is 8.44. The molecule has 2 aromatic rings. The number of rotatable bonds is 5. The number of thioether (sulfide) groups is 1. The van der Waals surface area contributed by atoms with Gasteiger partial charge in [-0.1, -0.05) is 35.0 Å². The fourth-order valence-electron chi connectivity index (χ4n) is 1.56. The third-order valence-corrected chi connectivity index (χ3v) is 6.32. The van der Waals surface area contributed by atoms with Crippen LogP contribution in [0.5, 0.6) is 0 Å². The first-order valence-corrected chi connectivity index (χ1v) is 9.75. The first-order chi connectivity index (χ1) is 10.7. The van der Waals surface area contributed by atoms with Crippen molar-refractivity contribution >= 4 is 62.2 Å². The van der Waals surface area contributed by atoms with Gasteiger partial charge >= 0.3 is 0 Å². The number of halogens is 4. The van der Waals surface area contributed by atoms with Crippen LogP contribution in [0.15, 0.2) is 39.4 Å². The van der Waals surface area contributed by atoms with Gasteiger partial charge in [-0.25, -0.2) is 13.1 Å². The molecule has 0 aliphatic rings. The van der Waals surface area contributed by atoms with Crippen molar-refractivity contribution in [1.82, 2.24) is 4.72 Å². The van der Waals surface area contributed by atoms with Crippen molar-refractivity contribution in [2.75, 3.05) is 0 Å². The van der Waals surface area contributed by atoms with Gasteiger partial charge in [0.2, 0.25) is 0 Å². The summed E-state index contributed by atoms with van der Waals surface area (Å²) in [4.78, 5) is 11.6. The van der Waals surface area contributed by atoms with Crippen LogP contribution >= 0.6 is 46.3 Å². The Hall–Kier alpha value is -0.870. The van der Waals surface area contributed by atoms with Gasteiger partial charge in [-0.15, -0.1) is 11.3 Å². The highest BCUT2D eigenvalue weighted by Crippen LogP contribution is 2.32. The molecule has 1 N–H and O–H groups in total. The number of nitrogens with one attached hydrogen (secondary N) is 1. The Morgan fingerprint density at radius 2 is 1.96 bits per heavy atom. The quantitative estimate of drug-likeness (QED) is 0.727. The van der Waals surface area contributed by atoms with Gasteiger partial charge in [0.25, 0.3) is 21.7 Å². The highest BCUT2D eigenvalue weighted by molar-refractivity contribution is 7.99. The van der Waals surface area contributed by atoms with Crippen molar-refractivity contribution in [3.8, 4) is 0 Å². The molecule has 124 valence electrons. The summed E-state index contributed by atoms with van der Waals surface area (Å²) >= 11 is 12.5. The van der Waals surface area contributed by atoms with E-state index in [-0.39, 0.29) is 36.5 Å². The van der Waals surface area contributed by atoms with Crippen LogP contribution in [-0.4, -0.2) is 20.1 Å². The first-order valence-electron chi connectivity index (χ1n) is 5.75. The van der Waals surface area contributed by atoms with Crippen LogP contribution in [0, 0.1) is 0 Å². The van der Waals surface area contributed by atoms with Crippen molar-refractivity contribution in [3.63, 3.8) is 0 Å². The Labute approximate surface area is 148 Å². The zero-order valence-corrected chi connectivity index (χ0v) is 14.9. The molecule has 1 amide bonds. The van der Waals surface area contributed by atoms with Crippen molar-refractivity contribution in [2.24, 2.45) is 0 Å². The van der Waals surface area contributed by atoms with E-state index in [4.69, 9.17) is 23.2 Å². The number of carbonyl (C=O) groups is 1. The number of hydrogen-bond donors (Lipinski definition) is 1. The molecule has 1 aromatic heterocycles. The Morgan fingerprint density at radius 1 is 1.26 bits per heavy atom. The maximum absolute atomic E-state index is 12.4. The van der Waals surface area contributed by atoms with E-state index >= 15 is 0 Å². The molecule has 11 heteroatoms. The molecule has 0 saturated carbocycles. The van der Waals surface area contributed by atoms with Crippen LogP contribution in [0.25, 0.3) is 0 Å². The topological polar surface area (TPSA) is 63.2 Å². The van der Waals surface area contributed by atoms with E-state index in [1.807, 2.05) is 0 Å². The molecular formula is C12H7Cl2F2NO3S3. The van der Waals surface area contributed by atoms with Gasteiger partial charge in [-0.05, 0) is 29.6 Å². The predicted molar refractivity (Wildman–Crippen MR) is 87.3 cm³/mol. The van der Waals surface area contributed by atoms with Gasteiger partial charge in [-0.3, -0.25) is 4.79 Å². The van der Waals surface area contributed by atoms with Crippen molar-refractivity contribution in [1.29, 1.82) is 0 Å². The van der Waals surface area contributed by atoms with Crippen LogP contribution in [-0.2, 0) is 10.0 Å². The van der Waals surface area contributed by atoms with Gasteiger partial charge < -0.3 is 0 Å². The van der Waals surface area contributed by atoms with Gasteiger partial charge in [-0.2, -0.15) is 8.78 Å². The second kappa shape index (κ2) is 7.35. The number of alkyl halides is 2. The normalized spacial score (nSPS) is 11.7. The summed E-state index contributed by atoms with van der Waals surface area (Å²) in [5, 5.41) is 1.41. The maximum atomic E-state index is 12.4. The molecular weight excluding hydrogens is 411 g/mol. The smallest absolute Gasteiger partial charge is 0.267 e. The molecule has 0 unspecified atom stereocenters. The number of sulfonamides is 1. The SMILES string of the molecule is O=C(NS(=O)(=O)c1cc(Cl)ccc1Cl)c1sccc1SC(F)F. The molecule has 1 heterocycles. The van der Waals surface area contributed by atoms with E-state index in [2.05, 4.69) is 0 Å². The summed E-state index contributed by atoms with van der Waals surface area (Å²) in [5.74, 6) is -3.74. The lowest BCUT2D eigenvalue weighted by atomic mass is 10.4. The van der Waals surface area contributed by atoms with Gasteiger partial charge in [0, 0.05) is 9.92 Å². The van der Waals surface area contributed by atoms with Crippen molar-refractivity contribution < 1.29 is 22.0 Å². The minimum absolute atomic E-state index is 0.00473. The molecule has 0 saturated heterocycles. The Morgan fingerprint density at radius 3 is 2.61 bits per heavy atom. The van der Waals surface area contributed by atoms with Crippen LogP contribution in [0.4, 0.5) is 8.78 Å². The van der Waals surface area contributed by atoms with Gasteiger partial charge in [0.1, 0.15) is 9.77 Å². The predicted octanol–water partition coefficient (Wildman–Crippen LogP) is 4.49. The molecule has 4 nitrogen and oxygen atoms in total. The molecule has 0 fully saturated rings. The zero-order valence-electron chi connectivity index (χ0n) is 10.9. The van der Waals surface area contributed by atoms with E-state index in [9.17, 15) is 22.0 Å². The molecule has 0 aliphatic carbocycles. The van der Waals surface area contributed by atoms with E-state index in [1.54, 1.807) is 4.72 Å². The molecule has 0 aliphatic heterocycles. The Bertz CT molecular complexity index is 840. The monoisotopic (exact) mass is 417 g/mol. The summed E-state index contributed by atoms with van der Waals surface area (Å²) in [6.45, 7) is 0. The largest absolute Gasteiger partial charge is 0.288 e. The average Bonchev–Trinajstić information content (AvgIpc) is 2.88. The van der Waals surface area contributed by atoms with E-state index in [1.165, 1.54) is 23.6 Å². The Kier molecular flexibility index (Phi) is 5.90. The molecule has 0 bridgehead atoms. The molecule has 0 radical (unpaired) electrons. The Balaban J connectivity index is 2.29. The standard InChI is InChI=1S/C12H7Cl2F2NO3S3/c13-6-1-2-7(14)9(5-6)23(19,20)17-11(18)10-8(3-4-21-10)22-12(15)16/h1-5,12H,(H,17,18). The van der Waals surface area contributed by atoms with Crippen molar-refractivity contribution in [3.05, 3.63) is 44.6 Å². The lowest BCUT2D eigenvalue weighted by Gasteiger charge is -2.09. The molecule has 1 aromatic carbocycles. The fourth-order valence-corrected chi connectivity index (χ4v) is 4.94. The summed E-state index contributed by atoms with van der Waals surface area (Å²) < 4.78 is 51.1. The average molecular weight is 418 g/mol. The van der Waals surface area contributed by atoms with E-state index in [0.29, 0.717) is 0 Å². The van der Waals surface area contributed by atoms with Crippen LogP contribution in [0.1, 0.15) is 9.67 Å². The lowest BCUT2D eigenvalue weighted by Crippen LogP contribution is -2.30. The summed E-state index contributed by atoms with van der Waals surface area (Å²) in [5.41, 5.74) is 0.